The van der Waals surface area contributed by atoms with Crippen molar-refractivity contribution in [2.75, 3.05) is 5.43 Å². The third-order valence-corrected chi connectivity index (χ3v) is 1.36. The van der Waals surface area contributed by atoms with E-state index in [2.05, 4.69) is 36.8 Å². The summed E-state index contributed by atoms with van der Waals surface area (Å²) in [6.45, 7) is 4.30. The van der Waals surface area contributed by atoms with Gasteiger partial charge < -0.3 is 12.4 Å². The minimum Gasteiger partial charge on any atom is -1.00 e. The number of rotatable bonds is 3. The number of para-hydroxylation sites is 1. The molecule has 0 spiro atoms. The number of hydrogen-bond donors (Lipinski definition) is 2. The molecule has 0 bridgehead atoms. The van der Waals surface area contributed by atoms with Gasteiger partial charge in [0, 0.05) is 0 Å². The van der Waals surface area contributed by atoms with E-state index in [1.54, 1.807) is 0 Å². The zero-order valence-corrected chi connectivity index (χ0v) is 8.18. The van der Waals surface area contributed by atoms with Crippen LogP contribution in [0.4, 0.5) is 5.69 Å². The van der Waals surface area contributed by atoms with Gasteiger partial charge in [0.05, 0.1) is 5.69 Å². The average Bonchev–Trinajstić information content (AvgIpc) is 2.03. The van der Waals surface area contributed by atoms with Gasteiger partial charge in [0.1, 0.15) is 6.04 Å². The van der Waals surface area contributed by atoms with Crippen molar-refractivity contribution in [3.8, 4) is 0 Å². The Hall–Kier alpha value is -0.730. The molecule has 0 aliphatic heterocycles. The maximum atomic E-state index is 3.22. The lowest BCUT2D eigenvalue weighted by Gasteiger charge is -2.06. The van der Waals surface area contributed by atoms with Gasteiger partial charge in [-0.1, -0.05) is 18.2 Å². The molecule has 3 N–H and O–H groups in total. The predicted molar refractivity (Wildman–Crippen MR) is 47.1 cm³/mol. The molecule has 0 heterocycles. The van der Waals surface area contributed by atoms with E-state index in [9.17, 15) is 0 Å². The largest absolute Gasteiger partial charge is 1.00 e. The Morgan fingerprint density at radius 3 is 2.25 bits per heavy atom. The van der Waals surface area contributed by atoms with Crippen LogP contribution in [0.2, 0.25) is 0 Å². The Kier molecular flexibility index (Phi) is 5.51. The van der Waals surface area contributed by atoms with Crippen LogP contribution in [-0.2, 0) is 0 Å². The van der Waals surface area contributed by atoms with Gasteiger partial charge in [-0.3, -0.25) is 0 Å². The zero-order chi connectivity index (χ0) is 8.10. The van der Waals surface area contributed by atoms with Crippen molar-refractivity contribution in [1.82, 2.24) is 0 Å². The molecule has 0 aromatic heterocycles. The fraction of sp³-hybridized carbons (Fsp3) is 0.333. The van der Waals surface area contributed by atoms with Gasteiger partial charge in [0.2, 0.25) is 0 Å². The molecule has 0 fully saturated rings. The third kappa shape index (κ3) is 4.21. The second kappa shape index (κ2) is 5.86. The summed E-state index contributed by atoms with van der Waals surface area (Å²) in [5.41, 5.74) is 6.45. The SMILES string of the molecule is CC(C)[NH2+]Nc1ccccc1.[Cl-]. The predicted octanol–water partition coefficient (Wildman–Crippen LogP) is -2.01. The van der Waals surface area contributed by atoms with Gasteiger partial charge in [-0.05, 0) is 26.0 Å². The fourth-order valence-corrected chi connectivity index (χ4v) is 0.797. The van der Waals surface area contributed by atoms with E-state index in [0.29, 0.717) is 6.04 Å². The monoisotopic (exact) mass is 186 g/mol. The van der Waals surface area contributed by atoms with E-state index >= 15 is 0 Å². The van der Waals surface area contributed by atoms with Crippen LogP contribution in [0, 0.1) is 0 Å². The highest BCUT2D eigenvalue weighted by Gasteiger charge is 1.93. The number of nitrogens with two attached hydrogens (primary N) is 1. The lowest BCUT2D eigenvalue weighted by atomic mass is 10.3. The van der Waals surface area contributed by atoms with Crippen molar-refractivity contribution >= 4 is 5.69 Å². The molecule has 0 radical (unpaired) electrons. The molecular weight excluding hydrogens is 172 g/mol. The number of nitrogen functional groups attached to an aromatic ring is 1. The van der Waals surface area contributed by atoms with Crippen molar-refractivity contribution in [2.45, 2.75) is 19.9 Å². The summed E-state index contributed by atoms with van der Waals surface area (Å²) in [4.78, 5) is 0. The summed E-state index contributed by atoms with van der Waals surface area (Å²) >= 11 is 0. The van der Waals surface area contributed by atoms with E-state index in [1.807, 2.05) is 18.2 Å². The first-order valence-corrected chi connectivity index (χ1v) is 3.94. The first-order chi connectivity index (χ1) is 5.29. The van der Waals surface area contributed by atoms with Crippen LogP contribution in [-0.4, -0.2) is 6.04 Å². The molecule has 0 saturated carbocycles. The van der Waals surface area contributed by atoms with Gasteiger partial charge in [-0.15, -0.1) is 0 Å². The minimum atomic E-state index is 0. The standard InChI is InChI=1S/C9H14N2.ClH/c1-8(2)10-11-9-6-4-3-5-7-9;/h3-8,10-11H,1-2H3;1H. The molecule has 0 aliphatic carbocycles. The molecule has 0 aliphatic rings. The average molecular weight is 187 g/mol. The lowest BCUT2D eigenvalue weighted by molar-refractivity contribution is -0.655. The number of hydrogen-bond acceptors (Lipinski definition) is 1. The molecular formula is C9H15ClN2. The smallest absolute Gasteiger partial charge is 0.102 e. The van der Waals surface area contributed by atoms with Crippen molar-refractivity contribution < 1.29 is 17.8 Å². The summed E-state index contributed by atoms with van der Waals surface area (Å²) in [7, 11) is 0. The zero-order valence-electron chi connectivity index (χ0n) is 7.42. The maximum Gasteiger partial charge on any atom is 0.102 e. The second-order valence-electron chi connectivity index (χ2n) is 2.92. The molecule has 68 valence electrons. The quantitative estimate of drug-likeness (QED) is 0.415. The Labute approximate surface area is 79.7 Å². The first kappa shape index (κ1) is 11.3. The van der Waals surface area contributed by atoms with Gasteiger partial charge in [-0.2, -0.15) is 0 Å². The van der Waals surface area contributed by atoms with Crippen molar-refractivity contribution in [3.05, 3.63) is 30.3 Å². The van der Waals surface area contributed by atoms with E-state index in [1.165, 1.54) is 0 Å². The Bertz CT molecular complexity index is 199. The van der Waals surface area contributed by atoms with Crippen LogP contribution >= 0.6 is 0 Å². The van der Waals surface area contributed by atoms with Gasteiger partial charge in [0.25, 0.3) is 0 Å². The van der Waals surface area contributed by atoms with Crippen molar-refractivity contribution in [1.29, 1.82) is 0 Å². The topological polar surface area (TPSA) is 28.6 Å². The van der Waals surface area contributed by atoms with Gasteiger partial charge in [-0.25, -0.2) is 10.9 Å². The first-order valence-electron chi connectivity index (χ1n) is 3.94. The Balaban J connectivity index is 0.00000121. The number of benzene rings is 1. The molecule has 1 aromatic rings. The highest BCUT2D eigenvalue weighted by Crippen LogP contribution is 2.00. The van der Waals surface area contributed by atoms with Crippen LogP contribution in [0.25, 0.3) is 0 Å². The number of halogens is 1. The van der Waals surface area contributed by atoms with Crippen LogP contribution in [0.3, 0.4) is 0 Å². The van der Waals surface area contributed by atoms with Gasteiger partial charge in [0.15, 0.2) is 0 Å². The lowest BCUT2D eigenvalue weighted by Crippen LogP contribution is -3.00. The van der Waals surface area contributed by atoms with Crippen LogP contribution in [0.15, 0.2) is 30.3 Å². The van der Waals surface area contributed by atoms with Crippen molar-refractivity contribution in [2.24, 2.45) is 0 Å². The van der Waals surface area contributed by atoms with E-state index in [4.69, 9.17) is 0 Å². The van der Waals surface area contributed by atoms with Crippen LogP contribution < -0.4 is 23.3 Å². The molecule has 1 rings (SSSR count). The van der Waals surface area contributed by atoms with Crippen LogP contribution in [0.5, 0.6) is 0 Å². The van der Waals surface area contributed by atoms with E-state index < -0.39 is 0 Å². The highest BCUT2D eigenvalue weighted by atomic mass is 35.5. The van der Waals surface area contributed by atoms with E-state index in [0.717, 1.165) is 5.69 Å². The molecule has 0 unspecified atom stereocenters. The molecule has 3 heteroatoms. The van der Waals surface area contributed by atoms with E-state index in [-0.39, 0.29) is 12.4 Å². The summed E-state index contributed by atoms with van der Waals surface area (Å²) in [6, 6.07) is 10.8. The summed E-state index contributed by atoms with van der Waals surface area (Å²) in [6.07, 6.45) is 0. The Morgan fingerprint density at radius 2 is 1.75 bits per heavy atom. The summed E-state index contributed by atoms with van der Waals surface area (Å²) in [5.74, 6) is 0. The summed E-state index contributed by atoms with van der Waals surface area (Å²) < 4.78 is 0. The molecule has 0 amide bonds. The molecule has 0 saturated heterocycles. The van der Waals surface area contributed by atoms with Gasteiger partial charge >= 0.3 is 0 Å². The fourth-order valence-electron chi connectivity index (χ4n) is 0.797. The number of quaternary nitrogens is 1. The summed E-state index contributed by atoms with van der Waals surface area (Å²) in [5, 5.41) is 0. The number of anilines is 1. The molecule has 12 heavy (non-hydrogen) atoms. The molecule has 0 atom stereocenters. The number of nitrogens with one attached hydrogen (secondary N) is 1. The minimum absolute atomic E-state index is 0. The highest BCUT2D eigenvalue weighted by molar-refractivity contribution is 5.39. The Morgan fingerprint density at radius 1 is 1.17 bits per heavy atom. The second-order valence-corrected chi connectivity index (χ2v) is 2.92. The van der Waals surface area contributed by atoms with Crippen molar-refractivity contribution in [3.63, 3.8) is 0 Å². The molecule has 2 nitrogen and oxygen atoms in total. The maximum absolute atomic E-state index is 3.22. The third-order valence-electron chi connectivity index (χ3n) is 1.36. The normalized spacial score (nSPS) is 9.25. The molecule has 1 aromatic carbocycles. The van der Waals surface area contributed by atoms with Crippen LogP contribution in [0.1, 0.15) is 13.8 Å².